The van der Waals surface area contributed by atoms with Crippen LogP contribution in [0.2, 0.25) is 0 Å². The summed E-state index contributed by atoms with van der Waals surface area (Å²) in [5.74, 6) is -0.0656. The highest BCUT2D eigenvalue weighted by atomic mass is 19.1. The number of amides is 1. The smallest absolute Gasteiger partial charge is 0.250 e. The summed E-state index contributed by atoms with van der Waals surface area (Å²) in [5.41, 5.74) is 6.81. The Balaban J connectivity index is 1.41. The van der Waals surface area contributed by atoms with E-state index >= 15 is 0 Å². The van der Waals surface area contributed by atoms with Crippen molar-refractivity contribution in [2.45, 2.75) is 45.6 Å². The van der Waals surface area contributed by atoms with Gasteiger partial charge in [0, 0.05) is 24.0 Å². The zero-order valence-corrected chi connectivity index (χ0v) is 17.9. The fraction of sp³-hybridized carbons (Fsp3) is 0.308. The first-order valence-electron chi connectivity index (χ1n) is 10.9. The Morgan fingerprint density at radius 3 is 2.81 bits per heavy atom. The van der Waals surface area contributed by atoms with E-state index in [4.69, 9.17) is 0 Å². The molecule has 5 heteroatoms. The van der Waals surface area contributed by atoms with Crippen LogP contribution < -0.4 is 0 Å². The van der Waals surface area contributed by atoms with Crippen molar-refractivity contribution in [1.29, 1.82) is 0 Å². The van der Waals surface area contributed by atoms with E-state index in [-0.39, 0.29) is 17.8 Å². The minimum Gasteiger partial charge on any atom is -0.332 e. The molecule has 0 unspecified atom stereocenters. The molecule has 5 rings (SSSR count). The van der Waals surface area contributed by atoms with Gasteiger partial charge in [-0.1, -0.05) is 18.2 Å². The van der Waals surface area contributed by atoms with Gasteiger partial charge in [0.05, 0.1) is 18.1 Å². The topological polar surface area (TPSA) is 38.1 Å². The zero-order chi connectivity index (χ0) is 21.5. The van der Waals surface area contributed by atoms with E-state index < -0.39 is 0 Å². The van der Waals surface area contributed by atoms with Crippen molar-refractivity contribution < 1.29 is 9.18 Å². The second-order valence-corrected chi connectivity index (χ2v) is 8.60. The lowest BCUT2D eigenvalue weighted by atomic mass is 9.97. The number of nitrogens with zero attached hydrogens (tertiary/aromatic N) is 3. The van der Waals surface area contributed by atoms with E-state index in [0.29, 0.717) is 6.42 Å². The molecule has 1 atom stereocenters. The third-order valence-corrected chi connectivity index (χ3v) is 6.49. The summed E-state index contributed by atoms with van der Waals surface area (Å²) in [5, 5.41) is 0. The highest BCUT2D eigenvalue weighted by molar-refractivity contribution is 5.98. The number of aromatic nitrogens is 2. The van der Waals surface area contributed by atoms with Gasteiger partial charge in [-0.25, -0.2) is 9.37 Å². The van der Waals surface area contributed by atoms with E-state index in [2.05, 4.69) is 30.1 Å². The molecule has 1 saturated heterocycles. The van der Waals surface area contributed by atoms with Crippen molar-refractivity contribution in [3.63, 3.8) is 0 Å². The minimum absolute atomic E-state index is 0.0181. The van der Waals surface area contributed by atoms with Crippen LogP contribution in [0.1, 0.15) is 53.3 Å². The predicted octanol–water partition coefficient (Wildman–Crippen LogP) is 5.32. The Labute approximate surface area is 182 Å². The van der Waals surface area contributed by atoms with Crippen molar-refractivity contribution in [2.75, 3.05) is 6.54 Å². The van der Waals surface area contributed by atoms with Crippen molar-refractivity contribution in [2.24, 2.45) is 0 Å². The highest BCUT2D eigenvalue weighted by Gasteiger charge is 2.35. The molecular formula is C26H26FN3O. The average molecular weight is 416 g/mol. The number of hydrogen-bond acceptors (Lipinski definition) is 2. The van der Waals surface area contributed by atoms with Gasteiger partial charge < -0.3 is 9.47 Å². The molecule has 4 nitrogen and oxygen atoms in total. The lowest BCUT2D eigenvalue weighted by Gasteiger charge is -2.34. The number of piperidine rings is 1. The van der Waals surface area contributed by atoms with Gasteiger partial charge in [0.15, 0.2) is 0 Å². The van der Waals surface area contributed by atoms with E-state index in [1.807, 2.05) is 41.1 Å². The first-order valence-corrected chi connectivity index (χ1v) is 10.9. The molecule has 1 aliphatic carbocycles. The molecule has 0 spiro atoms. The molecule has 0 N–H and O–H groups in total. The van der Waals surface area contributed by atoms with E-state index in [1.165, 1.54) is 6.07 Å². The van der Waals surface area contributed by atoms with Gasteiger partial charge >= 0.3 is 0 Å². The molecule has 2 aromatic carbocycles. The highest BCUT2D eigenvalue weighted by Crippen LogP contribution is 2.39. The fourth-order valence-electron chi connectivity index (χ4n) is 4.99. The Kier molecular flexibility index (Phi) is 4.97. The van der Waals surface area contributed by atoms with E-state index in [0.717, 1.165) is 65.0 Å². The van der Waals surface area contributed by atoms with Crippen LogP contribution in [0.3, 0.4) is 0 Å². The Hall–Kier alpha value is -3.21. The first kappa shape index (κ1) is 19.7. The molecule has 2 aliphatic rings. The third kappa shape index (κ3) is 3.58. The molecule has 0 radical (unpaired) electrons. The number of halogens is 1. The molecule has 1 aromatic heterocycles. The average Bonchev–Trinajstić information content (AvgIpc) is 3.37. The normalized spacial score (nSPS) is 19.8. The van der Waals surface area contributed by atoms with Gasteiger partial charge in [0.2, 0.25) is 5.91 Å². The van der Waals surface area contributed by atoms with Crippen LogP contribution in [0.25, 0.3) is 11.8 Å². The van der Waals surface area contributed by atoms with Crippen molar-refractivity contribution in [1.82, 2.24) is 14.5 Å². The molecular weight excluding hydrogens is 389 g/mol. The Bertz CT molecular complexity index is 1190. The standard InChI is InChI=1S/C26H26FN3O/c1-17-13-19(8-10-24(17)29-15-18(2)28-16-29)14-20-5-4-12-30(26(20)31)25-11-9-21-22(25)6-3-7-23(21)27/h3,6-8,10,13-16,25H,4-5,9,11-12H2,1-2H3/b20-14+/t25-/m1/s1. The maximum atomic E-state index is 14.2. The van der Waals surface area contributed by atoms with Crippen LogP contribution in [-0.2, 0) is 11.2 Å². The maximum absolute atomic E-state index is 14.2. The van der Waals surface area contributed by atoms with Crippen molar-refractivity contribution in [3.8, 4) is 5.69 Å². The monoisotopic (exact) mass is 415 g/mol. The van der Waals surface area contributed by atoms with E-state index in [1.54, 1.807) is 6.07 Å². The van der Waals surface area contributed by atoms with Crippen LogP contribution >= 0.6 is 0 Å². The van der Waals surface area contributed by atoms with Gasteiger partial charge in [0.25, 0.3) is 0 Å². The number of hydrogen-bond donors (Lipinski definition) is 0. The number of imidazole rings is 1. The van der Waals surface area contributed by atoms with Crippen molar-refractivity contribution in [3.05, 3.63) is 88.3 Å². The van der Waals surface area contributed by atoms with Crippen LogP contribution in [0.5, 0.6) is 0 Å². The summed E-state index contributed by atoms with van der Waals surface area (Å²) in [6.07, 6.45) is 9.05. The van der Waals surface area contributed by atoms with Crippen LogP contribution in [0, 0.1) is 19.7 Å². The molecule has 31 heavy (non-hydrogen) atoms. The SMILES string of the molecule is Cc1cn(-c2ccc(/C=C3\CCCN([C@@H]4CCc5c(F)cccc54)C3=O)cc2C)cn1. The van der Waals surface area contributed by atoms with Gasteiger partial charge in [-0.15, -0.1) is 0 Å². The summed E-state index contributed by atoms with van der Waals surface area (Å²) in [4.78, 5) is 19.6. The molecule has 1 fully saturated rings. The largest absolute Gasteiger partial charge is 0.332 e. The quantitative estimate of drug-likeness (QED) is 0.543. The zero-order valence-electron chi connectivity index (χ0n) is 17.9. The number of benzene rings is 2. The van der Waals surface area contributed by atoms with E-state index in [9.17, 15) is 9.18 Å². The number of likely N-dealkylation sites (tertiary alicyclic amines) is 1. The van der Waals surface area contributed by atoms with Gasteiger partial charge in [-0.05, 0) is 86.1 Å². The van der Waals surface area contributed by atoms with Gasteiger partial charge in [-0.3, -0.25) is 4.79 Å². The summed E-state index contributed by atoms with van der Waals surface area (Å²) in [6, 6.07) is 11.5. The van der Waals surface area contributed by atoms with Crippen molar-refractivity contribution >= 4 is 12.0 Å². The fourth-order valence-corrected chi connectivity index (χ4v) is 4.99. The number of carbonyl (C=O) groups excluding carboxylic acids is 1. The lowest BCUT2D eigenvalue weighted by Crippen LogP contribution is -2.39. The number of rotatable bonds is 3. The van der Waals surface area contributed by atoms with Crippen LogP contribution in [0.15, 0.2) is 54.5 Å². The number of carbonyl (C=O) groups is 1. The summed E-state index contributed by atoms with van der Waals surface area (Å²) >= 11 is 0. The van der Waals surface area contributed by atoms with Crippen LogP contribution in [0.4, 0.5) is 4.39 Å². The summed E-state index contributed by atoms with van der Waals surface area (Å²) in [6.45, 7) is 4.78. The summed E-state index contributed by atoms with van der Waals surface area (Å²) in [7, 11) is 0. The second kappa shape index (κ2) is 7.80. The molecule has 158 valence electrons. The molecule has 1 amide bonds. The second-order valence-electron chi connectivity index (χ2n) is 8.60. The van der Waals surface area contributed by atoms with Crippen LogP contribution in [-0.4, -0.2) is 26.9 Å². The minimum atomic E-state index is -0.149. The molecule has 0 bridgehead atoms. The lowest BCUT2D eigenvalue weighted by molar-refractivity contribution is -0.131. The molecule has 1 aliphatic heterocycles. The molecule has 2 heterocycles. The molecule has 0 saturated carbocycles. The Morgan fingerprint density at radius 1 is 1.16 bits per heavy atom. The molecule has 3 aromatic rings. The Morgan fingerprint density at radius 2 is 2.03 bits per heavy atom. The maximum Gasteiger partial charge on any atom is 0.250 e. The summed E-state index contributed by atoms with van der Waals surface area (Å²) < 4.78 is 16.2. The number of aryl methyl sites for hydroxylation is 2. The first-order chi connectivity index (χ1) is 15.0. The predicted molar refractivity (Wildman–Crippen MR) is 119 cm³/mol. The third-order valence-electron chi connectivity index (χ3n) is 6.49. The van der Waals surface area contributed by atoms with Gasteiger partial charge in [0.1, 0.15) is 5.82 Å². The number of fused-ring (bicyclic) bond motifs is 1. The van der Waals surface area contributed by atoms with Gasteiger partial charge in [-0.2, -0.15) is 0 Å².